The molecule has 0 saturated heterocycles. The van der Waals surface area contributed by atoms with Crippen LogP contribution >= 0.6 is 11.8 Å². The van der Waals surface area contributed by atoms with Crippen LogP contribution in [0.15, 0.2) is 83.9 Å². The lowest BCUT2D eigenvalue weighted by Gasteiger charge is -2.18. The van der Waals surface area contributed by atoms with E-state index < -0.39 is 5.97 Å². The van der Waals surface area contributed by atoms with Crippen molar-refractivity contribution in [3.63, 3.8) is 0 Å². The number of fused-ring (bicyclic) bond motifs is 4. The van der Waals surface area contributed by atoms with Crippen molar-refractivity contribution in [2.24, 2.45) is 0 Å². The number of carboxylic acids is 1. The van der Waals surface area contributed by atoms with Crippen LogP contribution in [-0.4, -0.2) is 30.6 Å². The molecule has 7 heteroatoms. The van der Waals surface area contributed by atoms with Crippen molar-refractivity contribution in [3.05, 3.63) is 95.8 Å². The zero-order valence-electron chi connectivity index (χ0n) is 17.0. The van der Waals surface area contributed by atoms with Gasteiger partial charge in [-0.05, 0) is 23.8 Å². The summed E-state index contributed by atoms with van der Waals surface area (Å²) >= 11 is 1.65. The summed E-state index contributed by atoms with van der Waals surface area (Å²) in [4.78, 5) is 13.1. The monoisotopic (exact) mass is 438 g/mol. The number of benzene rings is 3. The van der Waals surface area contributed by atoms with Crippen LogP contribution in [0.2, 0.25) is 0 Å². The Morgan fingerprint density at radius 1 is 0.969 bits per heavy atom. The molecular weight excluding hydrogens is 420 g/mol. The van der Waals surface area contributed by atoms with Crippen molar-refractivity contribution in [2.45, 2.75) is 17.2 Å². The summed E-state index contributed by atoms with van der Waals surface area (Å²) in [7, 11) is 0. The van der Waals surface area contributed by atoms with Gasteiger partial charge in [0.05, 0.1) is 23.4 Å². The van der Waals surface area contributed by atoms with Gasteiger partial charge in [-0.25, -0.2) is 9.48 Å². The van der Waals surface area contributed by atoms with Crippen molar-refractivity contribution in [2.75, 3.05) is 0 Å². The third-order valence-electron chi connectivity index (χ3n) is 5.69. The number of rotatable bonds is 4. The Morgan fingerprint density at radius 2 is 1.78 bits per heavy atom. The standard InChI is InChI=1S/C25H18N4O2S/c30-25(31)23-19-15-32-22-12-5-4-9-17(22)24(19)29(27-23)21-11-6-10-20-18(21)14-28(26-20)13-16-7-2-1-3-8-16/h1-12,14H,13,15H2,(H,30,31). The van der Waals surface area contributed by atoms with Gasteiger partial charge >= 0.3 is 5.97 Å². The van der Waals surface area contributed by atoms with Crippen LogP contribution in [0.1, 0.15) is 21.6 Å². The van der Waals surface area contributed by atoms with E-state index in [1.807, 2.05) is 65.5 Å². The highest BCUT2D eigenvalue weighted by Crippen LogP contribution is 2.44. The van der Waals surface area contributed by atoms with E-state index in [2.05, 4.69) is 23.3 Å². The lowest BCUT2D eigenvalue weighted by atomic mass is 10.1. The summed E-state index contributed by atoms with van der Waals surface area (Å²) < 4.78 is 3.70. The summed E-state index contributed by atoms with van der Waals surface area (Å²) in [5.41, 5.74) is 5.56. The minimum absolute atomic E-state index is 0.107. The number of nitrogens with zero attached hydrogens (tertiary/aromatic N) is 4. The first-order valence-electron chi connectivity index (χ1n) is 10.3. The zero-order valence-corrected chi connectivity index (χ0v) is 17.8. The van der Waals surface area contributed by atoms with E-state index in [1.54, 1.807) is 16.4 Å². The molecule has 32 heavy (non-hydrogen) atoms. The van der Waals surface area contributed by atoms with E-state index in [1.165, 1.54) is 0 Å². The molecule has 0 bridgehead atoms. The van der Waals surface area contributed by atoms with Crippen LogP contribution in [0, 0.1) is 0 Å². The van der Waals surface area contributed by atoms with Crippen LogP contribution in [0.4, 0.5) is 0 Å². The fraction of sp³-hybridized carbons (Fsp3) is 0.0800. The van der Waals surface area contributed by atoms with Gasteiger partial charge in [-0.2, -0.15) is 10.2 Å². The molecule has 1 aliphatic heterocycles. The molecule has 0 amide bonds. The predicted molar refractivity (Wildman–Crippen MR) is 124 cm³/mol. The van der Waals surface area contributed by atoms with Crippen LogP contribution in [0.5, 0.6) is 0 Å². The molecule has 156 valence electrons. The largest absolute Gasteiger partial charge is 0.476 e. The highest BCUT2D eigenvalue weighted by atomic mass is 32.2. The van der Waals surface area contributed by atoms with Crippen LogP contribution < -0.4 is 0 Å². The maximum atomic E-state index is 12.0. The van der Waals surface area contributed by atoms with Crippen molar-refractivity contribution >= 4 is 28.6 Å². The fourth-order valence-corrected chi connectivity index (χ4v) is 5.33. The SMILES string of the molecule is O=C(O)c1nn(-c2cccc3nn(Cc4ccccc4)cc23)c2c1CSc1ccccc1-2. The fourth-order valence-electron chi connectivity index (χ4n) is 4.26. The first-order valence-corrected chi connectivity index (χ1v) is 11.3. The number of aromatic carboxylic acids is 1. The van der Waals surface area contributed by atoms with Gasteiger partial charge in [0.15, 0.2) is 5.69 Å². The van der Waals surface area contributed by atoms with E-state index in [4.69, 9.17) is 5.10 Å². The smallest absolute Gasteiger partial charge is 0.356 e. The summed E-state index contributed by atoms with van der Waals surface area (Å²) in [6, 6.07) is 24.1. The second kappa shape index (κ2) is 7.39. The second-order valence-corrected chi connectivity index (χ2v) is 8.72. The molecule has 6 nitrogen and oxygen atoms in total. The number of carboxylic acid groups (broad SMARTS) is 1. The Hall–Kier alpha value is -3.84. The van der Waals surface area contributed by atoms with E-state index in [-0.39, 0.29) is 5.69 Å². The van der Waals surface area contributed by atoms with Crippen molar-refractivity contribution < 1.29 is 9.90 Å². The lowest BCUT2D eigenvalue weighted by molar-refractivity contribution is 0.0689. The molecule has 5 aromatic rings. The average Bonchev–Trinajstić information content (AvgIpc) is 3.41. The Kier molecular flexibility index (Phi) is 4.36. The Bertz CT molecular complexity index is 1490. The molecule has 0 atom stereocenters. The Morgan fingerprint density at radius 3 is 2.62 bits per heavy atom. The van der Waals surface area contributed by atoms with Crippen LogP contribution in [0.25, 0.3) is 27.8 Å². The molecule has 0 radical (unpaired) electrons. The number of thioether (sulfide) groups is 1. The topological polar surface area (TPSA) is 72.9 Å². The molecule has 3 heterocycles. The van der Waals surface area contributed by atoms with Crippen molar-refractivity contribution in [3.8, 4) is 16.9 Å². The molecule has 0 aliphatic carbocycles. The summed E-state index contributed by atoms with van der Waals surface area (Å²) in [6.45, 7) is 0.659. The summed E-state index contributed by atoms with van der Waals surface area (Å²) in [6.07, 6.45) is 2.01. The Labute approximate surface area is 188 Å². The van der Waals surface area contributed by atoms with Crippen LogP contribution in [-0.2, 0) is 12.3 Å². The minimum Gasteiger partial charge on any atom is -0.476 e. The summed E-state index contributed by atoms with van der Waals surface area (Å²) in [5, 5.41) is 20.1. The van der Waals surface area contributed by atoms with Gasteiger partial charge in [0, 0.05) is 33.4 Å². The molecule has 0 unspecified atom stereocenters. The molecule has 6 rings (SSSR count). The predicted octanol–water partition coefficient (Wildman–Crippen LogP) is 5.24. The van der Waals surface area contributed by atoms with Crippen LogP contribution in [0.3, 0.4) is 0 Å². The quantitative estimate of drug-likeness (QED) is 0.415. The lowest BCUT2D eigenvalue weighted by Crippen LogP contribution is -2.03. The highest BCUT2D eigenvalue weighted by molar-refractivity contribution is 7.98. The van der Waals surface area contributed by atoms with Gasteiger partial charge < -0.3 is 5.11 Å². The second-order valence-electron chi connectivity index (χ2n) is 7.70. The average molecular weight is 439 g/mol. The van der Waals surface area contributed by atoms with Gasteiger partial charge in [-0.15, -0.1) is 11.8 Å². The Balaban J connectivity index is 1.55. The molecule has 3 aromatic carbocycles. The molecule has 0 fully saturated rings. The first kappa shape index (κ1) is 18.9. The molecule has 2 aromatic heterocycles. The molecule has 1 aliphatic rings. The third kappa shape index (κ3) is 3.01. The molecule has 0 saturated carbocycles. The van der Waals surface area contributed by atoms with Gasteiger partial charge in [-0.3, -0.25) is 4.68 Å². The van der Waals surface area contributed by atoms with E-state index in [9.17, 15) is 9.90 Å². The minimum atomic E-state index is -1.01. The van der Waals surface area contributed by atoms with Gasteiger partial charge in [0.2, 0.25) is 0 Å². The molecule has 1 N–H and O–H groups in total. The van der Waals surface area contributed by atoms with E-state index in [0.29, 0.717) is 12.3 Å². The van der Waals surface area contributed by atoms with Gasteiger partial charge in [0.25, 0.3) is 0 Å². The maximum Gasteiger partial charge on any atom is 0.356 e. The highest BCUT2D eigenvalue weighted by Gasteiger charge is 2.29. The van der Waals surface area contributed by atoms with Gasteiger partial charge in [0.1, 0.15) is 0 Å². The number of aromatic nitrogens is 4. The zero-order chi connectivity index (χ0) is 21.7. The third-order valence-corrected chi connectivity index (χ3v) is 6.79. The van der Waals surface area contributed by atoms with Gasteiger partial charge in [-0.1, -0.05) is 54.6 Å². The maximum absolute atomic E-state index is 12.0. The normalized spacial score (nSPS) is 12.5. The molecular formula is C25H18N4O2S. The van der Waals surface area contributed by atoms with Crippen molar-refractivity contribution in [1.29, 1.82) is 0 Å². The van der Waals surface area contributed by atoms with E-state index >= 15 is 0 Å². The first-order chi connectivity index (χ1) is 15.7. The molecule has 0 spiro atoms. The number of hydrogen-bond acceptors (Lipinski definition) is 4. The van der Waals surface area contributed by atoms with E-state index in [0.717, 1.165) is 43.9 Å². The number of carbonyl (C=O) groups is 1. The van der Waals surface area contributed by atoms with Crippen molar-refractivity contribution in [1.82, 2.24) is 19.6 Å². The summed E-state index contributed by atoms with van der Waals surface area (Å²) in [5.74, 6) is -0.427. The number of hydrogen-bond donors (Lipinski definition) is 1.